The Morgan fingerprint density at radius 1 is 1.25 bits per heavy atom. The van der Waals surface area contributed by atoms with E-state index in [9.17, 15) is 0 Å². The van der Waals surface area contributed by atoms with Gasteiger partial charge in [0.05, 0.1) is 6.10 Å². The minimum absolute atomic E-state index is 0.303. The van der Waals surface area contributed by atoms with E-state index in [1.165, 1.54) is 0 Å². The van der Waals surface area contributed by atoms with Gasteiger partial charge >= 0.3 is 0 Å². The second-order valence-electron chi connectivity index (χ2n) is 4.29. The molecular formula is C11H19N3O2. The number of nitrogens with two attached hydrogens (primary N) is 1. The van der Waals surface area contributed by atoms with Gasteiger partial charge in [0.2, 0.25) is 11.8 Å². The lowest BCUT2D eigenvalue weighted by Gasteiger charge is -2.25. The molecule has 0 bridgehead atoms. The first-order chi connectivity index (χ1) is 7.78. The van der Waals surface area contributed by atoms with Crippen LogP contribution in [0, 0.1) is 0 Å². The SMILES string of the molecule is CCc1nnc(COC2CCC(N)CC2)o1. The summed E-state index contributed by atoms with van der Waals surface area (Å²) in [5, 5.41) is 7.81. The highest BCUT2D eigenvalue weighted by Gasteiger charge is 2.19. The van der Waals surface area contributed by atoms with Crippen molar-refractivity contribution in [1.29, 1.82) is 0 Å². The van der Waals surface area contributed by atoms with Crippen LogP contribution in [0.5, 0.6) is 0 Å². The first-order valence-electron chi connectivity index (χ1n) is 5.96. The Kier molecular flexibility index (Phi) is 3.90. The molecule has 1 saturated carbocycles. The maximum absolute atomic E-state index is 5.83. The molecule has 1 aromatic heterocycles. The summed E-state index contributed by atoms with van der Waals surface area (Å²) >= 11 is 0. The summed E-state index contributed by atoms with van der Waals surface area (Å²) in [6, 6.07) is 0.356. The van der Waals surface area contributed by atoms with Gasteiger partial charge in [-0.1, -0.05) is 6.92 Å². The van der Waals surface area contributed by atoms with E-state index in [-0.39, 0.29) is 0 Å². The Morgan fingerprint density at radius 2 is 1.94 bits per heavy atom. The zero-order valence-corrected chi connectivity index (χ0v) is 9.69. The molecule has 0 unspecified atom stereocenters. The van der Waals surface area contributed by atoms with Crippen LogP contribution in [0.15, 0.2) is 4.42 Å². The lowest BCUT2D eigenvalue weighted by atomic mass is 9.94. The molecule has 1 aliphatic rings. The molecule has 2 rings (SSSR count). The van der Waals surface area contributed by atoms with Crippen molar-refractivity contribution in [2.45, 2.75) is 57.8 Å². The van der Waals surface area contributed by atoms with Gasteiger partial charge in [0.15, 0.2) is 0 Å². The summed E-state index contributed by atoms with van der Waals surface area (Å²) in [4.78, 5) is 0. The van der Waals surface area contributed by atoms with Crippen LogP contribution in [0.25, 0.3) is 0 Å². The van der Waals surface area contributed by atoms with Crippen molar-refractivity contribution in [3.63, 3.8) is 0 Å². The van der Waals surface area contributed by atoms with Crippen molar-refractivity contribution in [3.05, 3.63) is 11.8 Å². The number of hydrogen-bond acceptors (Lipinski definition) is 5. The summed E-state index contributed by atoms with van der Waals surface area (Å²) in [5.74, 6) is 1.25. The maximum atomic E-state index is 5.83. The highest BCUT2D eigenvalue weighted by Crippen LogP contribution is 2.20. The standard InChI is InChI=1S/C11H19N3O2/c1-2-10-13-14-11(16-10)7-15-9-5-3-8(12)4-6-9/h8-9H,2-7,12H2,1H3. The molecule has 0 aromatic carbocycles. The fourth-order valence-electron chi connectivity index (χ4n) is 1.93. The third kappa shape index (κ3) is 3.02. The largest absolute Gasteiger partial charge is 0.423 e. The Morgan fingerprint density at radius 3 is 2.56 bits per heavy atom. The van der Waals surface area contributed by atoms with E-state index in [0.29, 0.717) is 30.5 Å². The number of hydrogen-bond donors (Lipinski definition) is 1. The average Bonchev–Trinajstić information content (AvgIpc) is 2.76. The fraction of sp³-hybridized carbons (Fsp3) is 0.818. The van der Waals surface area contributed by atoms with E-state index >= 15 is 0 Å². The summed E-state index contributed by atoms with van der Waals surface area (Å²) in [7, 11) is 0. The number of ether oxygens (including phenoxy) is 1. The van der Waals surface area contributed by atoms with Gasteiger partial charge in [0.25, 0.3) is 0 Å². The topological polar surface area (TPSA) is 74.2 Å². The van der Waals surface area contributed by atoms with Gasteiger partial charge in [-0.05, 0) is 25.7 Å². The molecule has 0 spiro atoms. The summed E-state index contributed by atoms with van der Waals surface area (Å²) < 4.78 is 11.1. The minimum Gasteiger partial charge on any atom is -0.423 e. The van der Waals surface area contributed by atoms with Gasteiger partial charge in [-0.3, -0.25) is 0 Å². The Hall–Kier alpha value is -0.940. The van der Waals surface area contributed by atoms with Gasteiger partial charge in [0.1, 0.15) is 6.61 Å². The summed E-state index contributed by atoms with van der Waals surface area (Å²) in [6.45, 7) is 2.41. The zero-order chi connectivity index (χ0) is 11.4. The molecule has 1 aromatic rings. The van der Waals surface area contributed by atoms with E-state index in [1.807, 2.05) is 6.92 Å². The Labute approximate surface area is 95.4 Å². The smallest absolute Gasteiger partial charge is 0.242 e. The van der Waals surface area contributed by atoms with Crippen LogP contribution in [-0.4, -0.2) is 22.3 Å². The molecule has 0 amide bonds. The van der Waals surface area contributed by atoms with Crippen molar-refractivity contribution >= 4 is 0 Å². The monoisotopic (exact) mass is 225 g/mol. The molecule has 16 heavy (non-hydrogen) atoms. The molecule has 5 nitrogen and oxygen atoms in total. The molecule has 1 fully saturated rings. The van der Waals surface area contributed by atoms with Crippen LogP contribution in [0.3, 0.4) is 0 Å². The maximum Gasteiger partial charge on any atom is 0.242 e. The first-order valence-corrected chi connectivity index (χ1v) is 5.96. The minimum atomic E-state index is 0.303. The van der Waals surface area contributed by atoms with Crippen LogP contribution < -0.4 is 5.73 Å². The molecule has 2 N–H and O–H groups in total. The quantitative estimate of drug-likeness (QED) is 0.838. The van der Waals surface area contributed by atoms with E-state index in [0.717, 1.165) is 32.1 Å². The van der Waals surface area contributed by atoms with Crippen molar-refractivity contribution in [3.8, 4) is 0 Å². The van der Waals surface area contributed by atoms with Crippen molar-refractivity contribution < 1.29 is 9.15 Å². The second-order valence-corrected chi connectivity index (χ2v) is 4.29. The van der Waals surface area contributed by atoms with E-state index < -0.39 is 0 Å². The van der Waals surface area contributed by atoms with Gasteiger partial charge in [-0.2, -0.15) is 0 Å². The third-order valence-corrected chi connectivity index (χ3v) is 2.97. The Bertz CT molecular complexity index is 319. The molecule has 1 aliphatic carbocycles. The molecule has 0 saturated heterocycles. The zero-order valence-electron chi connectivity index (χ0n) is 9.69. The predicted molar refractivity (Wildman–Crippen MR) is 58.7 cm³/mol. The lowest BCUT2D eigenvalue weighted by Crippen LogP contribution is -2.30. The van der Waals surface area contributed by atoms with E-state index in [2.05, 4.69) is 10.2 Å². The molecule has 90 valence electrons. The number of nitrogens with zero attached hydrogens (tertiary/aromatic N) is 2. The second kappa shape index (κ2) is 5.41. The molecule has 0 atom stereocenters. The third-order valence-electron chi connectivity index (χ3n) is 2.97. The molecule has 0 aliphatic heterocycles. The molecular weight excluding hydrogens is 206 g/mol. The van der Waals surface area contributed by atoms with Crippen molar-refractivity contribution in [2.24, 2.45) is 5.73 Å². The van der Waals surface area contributed by atoms with E-state index in [1.54, 1.807) is 0 Å². The van der Waals surface area contributed by atoms with Crippen LogP contribution in [0.2, 0.25) is 0 Å². The molecule has 1 heterocycles. The normalized spacial score (nSPS) is 25.9. The highest BCUT2D eigenvalue weighted by molar-refractivity contribution is 4.80. The number of rotatable bonds is 4. The lowest BCUT2D eigenvalue weighted by molar-refractivity contribution is 0.00352. The van der Waals surface area contributed by atoms with Crippen LogP contribution in [-0.2, 0) is 17.8 Å². The first kappa shape index (κ1) is 11.5. The fourth-order valence-corrected chi connectivity index (χ4v) is 1.93. The summed E-state index contributed by atoms with van der Waals surface area (Å²) in [6.07, 6.45) is 5.25. The predicted octanol–water partition coefficient (Wildman–Crippen LogP) is 1.42. The van der Waals surface area contributed by atoms with Crippen molar-refractivity contribution in [2.75, 3.05) is 0 Å². The van der Waals surface area contributed by atoms with Crippen LogP contribution >= 0.6 is 0 Å². The van der Waals surface area contributed by atoms with Gasteiger partial charge in [-0.15, -0.1) is 10.2 Å². The van der Waals surface area contributed by atoms with Crippen LogP contribution in [0.4, 0.5) is 0 Å². The van der Waals surface area contributed by atoms with Gasteiger partial charge in [0, 0.05) is 12.5 Å². The number of aryl methyl sites for hydroxylation is 1. The average molecular weight is 225 g/mol. The van der Waals surface area contributed by atoms with Crippen LogP contribution in [0.1, 0.15) is 44.4 Å². The van der Waals surface area contributed by atoms with Gasteiger partial charge < -0.3 is 14.9 Å². The Balaban J connectivity index is 1.74. The van der Waals surface area contributed by atoms with Crippen molar-refractivity contribution in [1.82, 2.24) is 10.2 Å². The van der Waals surface area contributed by atoms with E-state index in [4.69, 9.17) is 14.9 Å². The number of aromatic nitrogens is 2. The molecule has 0 radical (unpaired) electrons. The van der Waals surface area contributed by atoms with Gasteiger partial charge in [-0.25, -0.2) is 0 Å². The summed E-state index contributed by atoms with van der Waals surface area (Å²) in [5.41, 5.74) is 5.83. The highest BCUT2D eigenvalue weighted by atomic mass is 16.5. The molecule has 5 heteroatoms.